The van der Waals surface area contributed by atoms with Crippen molar-refractivity contribution >= 4 is 40.4 Å². The van der Waals surface area contributed by atoms with Gasteiger partial charge in [-0.2, -0.15) is 0 Å². The van der Waals surface area contributed by atoms with Crippen molar-refractivity contribution in [1.82, 2.24) is 20.3 Å². The molecule has 4 N–H and O–H groups in total. The molecule has 1 aromatic heterocycles. The summed E-state index contributed by atoms with van der Waals surface area (Å²) in [6.45, 7) is 10.9. The monoisotopic (exact) mass is 678 g/mol. The summed E-state index contributed by atoms with van der Waals surface area (Å²) < 4.78 is 5.63. The Hall–Kier alpha value is -5.07. The molecule has 12 heteroatoms. The highest BCUT2D eigenvalue weighted by Gasteiger charge is 2.33. The van der Waals surface area contributed by atoms with Gasteiger partial charge in [0, 0.05) is 66.5 Å². The van der Waals surface area contributed by atoms with Crippen LogP contribution >= 0.6 is 0 Å². The van der Waals surface area contributed by atoms with Crippen LogP contribution in [0.15, 0.2) is 71.9 Å². The fraction of sp³-hybridized carbons (Fsp3) is 0.395. The SMILES string of the molecule is CCN(C(=O)[C@@H]1CCN(CC(=O)N2CC=C(c3ccc(C4=NC(C)NO4)cc3)CC2)C1)c1ccc(N)c(C(=N)c2ccc(OC(C)C)nc2)c1. The molecule has 0 saturated carbocycles. The van der Waals surface area contributed by atoms with Crippen LogP contribution in [-0.4, -0.2) is 89.7 Å². The summed E-state index contributed by atoms with van der Waals surface area (Å²) in [6.07, 6.45) is 5.14. The predicted molar refractivity (Wildman–Crippen MR) is 195 cm³/mol. The molecule has 1 fully saturated rings. The zero-order chi connectivity index (χ0) is 35.4. The maximum absolute atomic E-state index is 13.8. The second-order valence-corrected chi connectivity index (χ2v) is 13.2. The number of ether oxygens (including phenoxy) is 1. The third-order valence-electron chi connectivity index (χ3n) is 9.26. The van der Waals surface area contributed by atoms with E-state index in [0.717, 1.165) is 17.5 Å². The van der Waals surface area contributed by atoms with Gasteiger partial charge < -0.3 is 25.1 Å². The normalized spacial score (nSPS) is 19.2. The molecular weight excluding hydrogens is 632 g/mol. The lowest BCUT2D eigenvalue weighted by atomic mass is 9.98. The number of hydroxylamine groups is 1. The van der Waals surface area contributed by atoms with E-state index in [9.17, 15) is 9.59 Å². The number of benzene rings is 2. The summed E-state index contributed by atoms with van der Waals surface area (Å²) >= 11 is 0. The summed E-state index contributed by atoms with van der Waals surface area (Å²) in [7, 11) is 0. The molecule has 12 nitrogen and oxygen atoms in total. The molecule has 1 saturated heterocycles. The molecule has 50 heavy (non-hydrogen) atoms. The standard InChI is InChI=1S/C38H46N8O4/c1-5-46(31-11-12-33(39)32(20-31)36(40)29-10-13-34(41-21-29)49-24(2)3)38(48)30-14-17-44(22-30)23-35(47)45-18-15-27(16-19-45)26-6-8-28(9-7-26)37-42-25(4)43-50-37/h6-13,15,20-21,24-25,30,40,43H,5,14,16-19,22-23,39H2,1-4H3/t25?,30-/m1/s1. The summed E-state index contributed by atoms with van der Waals surface area (Å²) in [4.78, 5) is 47.0. The number of hydrogen-bond donors (Lipinski definition) is 3. The van der Waals surface area contributed by atoms with Crippen LogP contribution in [0.2, 0.25) is 0 Å². The number of rotatable bonds is 11. The predicted octanol–water partition coefficient (Wildman–Crippen LogP) is 4.49. The number of aromatic nitrogens is 1. The second kappa shape index (κ2) is 15.2. The molecule has 2 atom stereocenters. The van der Waals surface area contributed by atoms with Crippen molar-refractivity contribution in [3.8, 4) is 5.88 Å². The molecular formula is C38H46N8O4. The van der Waals surface area contributed by atoms with Crippen LogP contribution in [0.4, 0.5) is 11.4 Å². The number of hydrogen-bond acceptors (Lipinski definition) is 10. The molecule has 3 aliphatic rings. The third-order valence-corrected chi connectivity index (χ3v) is 9.26. The number of aliphatic imine (C=N–C) groups is 1. The van der Waals surface area contributed by atoms with Crippen LogP contribution in [0, 0.1) is 11.3 Å². The van der Waals surface area contributed by atoms with E-state index in [4.69, 9.17) is 20.7 Å². The Morgan fingerprint density at radius 1 is 1.12 bits per heavy atom. The summed E-state index contributed by atoms with van der Waals surface area (Å²) in [6, 6.07) is 17.1. The Morgan fingerprint density at radius 2 is 1.90 bits per heavy atom. The maximum atomic E-state index is 13.8. The number of nitrogen functional groups attached to an aromatic ring is 1. The minimum Gasteiger partial charge on any atom is -0.475 e. The molecule has 0 spiro atoms. The van der Waals surface area contributed by atoms with E-state index in [2.05, 4.69) is 38.6 Å². The number of carbonyl (C=O) groups is 2. The van der Waals surface area contributed by atoms with Gasteiger partial charge in [0.25, 0.3) is 0 Å². The molecule has 1 unspecified atom stereocenters. The zero-order valence-electron chi connectivity index (χ0n) is 29.2. The Balaban J connectivity index is 1.03. The number of nitrogens with two attached hydrogens (primary N) is 1. The van der Waals surface area contributed by atoms with E-state index in [1.165, 1.54) is 5.57 Å². The van der Waals surface area contributed by atoms with Crippen LogP contribution in [0.1, 0.15) is 62.8 Å². The summed E-state index contributed by atoms with van der Waals surface area (Å²) in [5.41, 5.74) is 14.9. The van der Waals surface area contributed by atoms with Gasteiger partial charge in [0.1, 0.15) is 6.17 Å². The Kier molecular flexibility index (Phi) is 10.6. The van der Waals surface area contributed by atoms with Crippen molar-refractivity contribution in [1.29, 1.82) is 5.41 Å². The first-order valence-electron chi connectivity index (χ1n) is 17.3. The first-order valence-corrected chi connectivity index (χ1v) is 17.3. The van der Waals surface area contributed by atoms with Crippen molar-refractivity contribution in [3.05, 3.63) is 89.1 Å². The summed E-state index contributed by atoms with van der Waals surface area (Å²) in [5, 5.41) is 8.85. The topological polar surface area (TPSA) is 149 Å². The number of carbonyl (C=O) groups excluding carboxylic acids is 2. The van der Waals surface area contributed by atoms with Crippen molar-refractivity contribution in [3.63, 3.8) is 0 Å². The average Bonchev–Trinajstić information content (AvgIpc) is 3.78. The summed E-state index contributed by atoms with van der Waals surface area (Å²) in [5.74, 6) is 0.948. The van der Waals surface area contributed by atoms with Gasteiger partial charge in [0.15, 0.2) is 0 Å². The largest absolute Gasteiger partial charge is 0.475 e. The first-order chi connectivity index (χ1) is 24.1. The molecule has 6 rings (SSSR count). The second-order valence-electron chi connectivity index (χ2n) is 13.2. The molecule has 0 bridgehead atoms. The van der Waals surface area contributed by atoms with Crippen LogP contribution in [0.5, 0.6) is 5.88 Å². The Labute approximate surface area is 293 Å². The van der Waals surface area contributed by atoms with Crippen LogP contribution in [0.3, 0.4) is 0 Å². The highest BCUT2D eigenvalue weighted by Crippen LogP contribution is 2.28. The van der Waals surface area contributed by atoms with Gasteiger partial charge in [0.05, 0.1) is 24.3 Å². The van der Waals surface area contributed by atoms with Gasteiger partial charge in [0.2, 0.25) is 23.6 Å². The van der Waals surface area contributed by atoms with Gasteiger partial charge in [-0.25, -0.2) is 9.98 Å². The van der Waals surface area contributed by atoms with Crippen LogP contribution in [-0.2, 0) is 14.4 Å². The highest BCUT2D eigenvalue weighted by molar-refractivity contribution is 6.14. The number of anilines is 2. The first kappa shape index (κ1) is 34.8. The lowest BCUT2D eigenvalue weighted by Crippen LogP contribution is -2.42. The number of amides is 2. The van der Waals surface area contributed by atoms with E-state index in [-0.39, 0.29) is 35.7 Å². The maximum Gasteiger partial charge on any atom is 0.242 e. The highest BCUT2D eigenvalue weighted by atomic mass is 16.7. The van der Waals surface area contributed by atoms with Crippen molar-refractivity contribution < 1.29 is 19.2 Å². The van der Waals surface area contributed by atoms with Crippen LogP contribution in [0.25, 0.3) is 5.57 Å². The lowest BCUT2D eigenvalue weighted by Gasteiger charge is -2.29. The average molecular weight is 679 g/mol. The number of nitrogens with one attached hydrogen (secondary N) is 2. The van der Waals surface area contributed by atoms with E-state index in [1.807, 2.05) is 50.8 Å². The van der Waals surface area contributed by atoms with Crippen molar-refractivity contribution in [2.24, 2.45) is 10.9 Å². The fourth-order valence-corrected chi connectivity index (χ4v) is 6.57. The van der Waals surface area contributed by atoms with Gasteiger partial charge in [-0.05, 0) is 94.6 Å². The zero-order valence-corrected chi connectivity index (χ0v) is 29.2. The lowest BCUT2D eigenvalue weighted by molar-refractivity contribution is -0.132. The van der Waals surface area contributed by atoms with Crippen molar-refractivity contribution in [2.45, 2.75) is 52.8 Å². The molecule has 3 aromatic rings. The fourth-order valence-electron chi connectivity index (χ4n) is 6.57. The van der Waals surface area contributed by atoms with Gasteiger partial charge in [-0.3, -0.25) is 19.9 Å². The molecule has 4 heterocycles. The van der Waals surface area contributed by atoms with E-state index >= 15 is 0 Å². The van der Waals surface area contributed by atoms with Crippen molar-refractivity contribution in [2.75, 3.05) is 49.9 Å². The Morgan fingerprint density at radius 3 is 2.54 bits per heavy atom. The molecule has 3 aliphatic heterocycles. The van der Waals surface area contributed by atoms with E-state index in [0.29, 0.717) is 80.0 Å². The molecule has 262 valence electrons. The number of nitrogens with zero attached hydrogens (tertiary/aromatic N) is 5. The third kappa shape index (κ3) is 7.87. The van der Waals surface area contributed by atoms with Gasteiger partial charge >= 0.3 is 0 Å². The van der Waals surface area contributed by atoms with E-state index in [1.54, 1.807) is 35.4 Å². The van der Waals surface area contributed by atoms with E-state index < -0.39 is 0 Å². The molecule has 0 aliphatic carbocycles. The molecule has 0 radical (unpaired) electrons. The minimum absolute atomic E-state index is 0.00202. The minimum atomic E-state index is -0.226. The molecule has 2 amide bonds. The van der Waals surface area contributed by atoms with Gasteiger partial charge in [-0.15, -0.1) is 5.48 Å². The number of likely N-dealkylation sites (tertiary alicyclic amines) is 1. The quantitative estimate of drug-likeness (QED) is 0.199. The number of pyridine rings is 1. The van der Waals surface area contributed by atoms with Gasteiger partial charge in [-0.1, -0.05) is 18.2 Å². The smallest absolute Gasteiger partial charge is 0.242 e. The van der Waals surface area contributed by atoms with Crippen LogP contribution < -0.4 is 20.9 Å². The molecule has 2 aromatic carbocycles. The Bertz CT molecular complexity index is 1790.